The predicted molar refractivity (Wildman–Crippen MR) is 127 cm³/mol. The van der Waals surface area contributed by atoms with E-state index in [4.69, 9.17) is 9.47 Å². The van der Waals surface area contributed by atoms with Crippen LogP contribution < -0.4 is 9.47 Å². The maximum absolute atomic E-state index is 13.3. The molecule has 0 N–H and O–H groups in total. The quantitative estimate of drug-likeness (QED) is 0.485. The van der Waals surface area contributed by atoms with Crippen LogP contribution in [0.4, 0.5) is 4.39 Å². The van der Waals surface area contributed by atoms with Gasteiger partial charge in [-0.2, -0.15) is 4.31 Å². The third kappa shape index (κ3) is 4.44. The Morgan fingerprint density at radius 3 is 2.34 bits per heavy atom. The van der Waals surface area contributed by atoms with Gasteiger partial charge in [-0.1, -0.05) is 0 Å². The van der Waals surface area contributed by atoms with Crippen molar-refractivity contribution < 1.29 is 27.1 Å². The molecule has 0 unspecified atom stereocenters. The van der Waals surface area contributed by atoms with E-state index >= 15 is 0 Å². The molecule has 3 aromatic rings. The minimum Gasteiger partial charge on any atom is -0.454 e. The molecule has 3 heterocycles. The highest BCUT2D eigenvalue weighted by Gasteiger charge is 2.31. The summed E-state index contributed by atoms with van der Waals surface area (Å²) in [6, 6.07) is 12.6. The number of carbonyl (C=O) groups is 1. The van der Waals surface area contributed by atoms with Crippen LogP contribution in [0.5, 0.6) is 11.5 Å². The Morgan fingerprint density at radius 2 is 1.63 bits per heavy atom. The molecule has 0 spiro atoms. The molecule has 184 valence electrons. The number of piperazine rings is 1. The number of fused-ring (bicyclic) bond motifs is 1. The fourth-order valence-corrected chi connectivity index (χ4v) is 6.07. The van der Waals surface area contributed by atoms with E-state index in [-0.39, 0.29) is 29.8 Å². The number of hydrogen-bond acceptors (Lipinski definition) is 6. The van der Waals surface area contributed by atoms with E-state index < -0.39 is 10.0 Å². The van der Waals surface area contributed by atoms with Gasteiger partial charge in [0.1, 0.15) is 5.82 Å². The van der Waals surface area contributed by atoms with E-state index in [0.29, 0.717) is 43.2 Å². The summed E-state index contributed by atoms with van der Waals surface area (Å²) >= 11 is 0. The Bertz CT molecular complexity index is 1380. The first-order chi connectivity index (χ1) is 16.7. The van der Waals surface area contributed by atoms with E-state index in [0.717, 1.165) is 17.1 Å². The van der Waals surface area contributed by atoms with Crippen LogP contribution in [-0.2, 0) is 10.0 Å². The molecule has 2 aliphatic rings. The Balaban J connectivity index is 1.24. The summed E-state index contributed by atoms with van der Waals surface area (Å²) in [6.45, 7) is 5.55. The molecule has 0 radical (unpaired) electrons. The topological polar surface area (TPSA) is 81.1 Å². The number of benzene rings is 2. The van der Waals surface area contributed by atoms with Crippen molar-refractivity contribution in [2.45, 2.75) is 18.7 Å². The molecule has 0 atom stereocenters. The number of rotatable bonds is 6. The van der Waals surface area contributed by atoms with Crippen molar-refractivity contribution in [3.05, 3.63) is 71.3 Å². The SMILES string of the molecule is Cc1cc(C(=O)CN2CCN(S(=O)(=O)c3ccc4c(c3)OCO4)CC2)c(C)n1-c1ccc(F)cc1. The van der Waals surface area contributed by atoms with Crippen LogP contribution in [0.25, 0.3) is 5.69 Å². The first kappa shape index (κ1) is 23.5. The summed E-state index contributed by atoms with van der Waals surface area (Å²) < 4.78 is 53.5. The lowest BCUT2D eigenvalue weighted by Gasteiger charge is -2.33. The smallest absolute Gasteiger partial charge is 0.243 e. The monoisotopic (exact) mass is 499 g/mol. The highest BCUT2D eigenvalue weighted by atomic mass is 32.2. The van der Waals surface area contributed by atoms with E-state index in [1.54, 1.807) is 18.2 Å². The van der Waals surface area contributed by atoms with Crippen molar-refractivity contribution in [1.29, 1.82) is 0 Å². The lowest BCUT2D eigenvalue weighted by Crippen LogP contribution is -2.49. The minimum absolute atomic E-state index is 0.0291. The number of aryl methyl sites for hydroxylation is 1. The number of hydrogen-bond donors (Lipinski definition) is 0. The van der Waals surface area contributed by atoms with Gasteiger partial charge in [0, 0.05) is 54.9 Å². The van der Waals surface area contributed by atoms with Crippen LogP contribution in [0.1, 0.15) is 21.7 Å². The molecule has 1 aromatic heterocycles. The first-order valence-corrected chi connectivity index (χ1v) is 12.8. The maximum Gasteiger partial charge on any atom is 0.243 e. The van der Waals surface area contributed by atoms with Crippen LogP contribution >= 0.6 is 0 Å². The predicted octanol–water partition coefficient (Wildman–Crippen LogP) is 3.15. The van der Waals surface area contributed by atoms with Gasteiger partial charge >= 0.3 is 0 Å². The van der Waals surface area contributed by atoms with Gasteiger partial charge in [0.25, 0.3) is 0 Å². The lowest BCUT2D eigenvalue weighted by atomic mass is 10.1. The van der Waals surface area contributed by atoms with Gasteiger partial charge < -0.3 is 14.0 Å². The average Bonchev–Trinajstić information content (AvgIpc) is 3.43. The second kappa shape index (κ2) is 9.10. The zero-order valence-corrected chi connectivity index (χ0v) is 20.3. The minimum atomic E-state index is -3.67. The Labute approximate surface area is 203 Å². The molecule has 0 aliphatic carbocycles. The maximum atomic E-state index is 13.3. The molecule has 10 heteroatoms. The number of nitrogens with zero attached hydrogens (tertiary/aromatic N) is 3. The average molecular weight is 500 g/mol. The highest BCUT2D eigenvalue weighted by molar-refractivity contribution is 7.89. The third-order valence-corrected chi connectivity index (χ3v) is 8.39. The zero-order chi connectivity index (χ0) is 24.7. The molecule has 0 saturated carbocycles. The molecule has 5 rings (SSSR count). The molecule has 35 heavy (non-hydrogen) atoms. The zero-order valence-electron chi connectivity index (χ0n) is 19.5. The van der Waals surface area contributed by atoms with Gasteiger partial charge in [0.15, 0.2) is 17.3 Å². The Morgan fingerprint density at radius 1 is 0.943 bits per heavy atom. The van der Waals surface area contributed by atoms with Crippen LogP contribution in [0.2, 0.25) is 0 Å². The molecule has 2 aliphatic heterocycles. The van der Waals surface area contributed by atoms with Crippen molar-refractivity contribution >= 4 is 15.8 Å². The van der Waals surface area contributed by atoms with Gasteiger partial charge in [-0.25, -0.2) is 12.8 Å². The van der Waals surface area contributed by atoms with Gasteiger partial charge in [-0.3, -0.25) is 9.69 Å². The molecule has 1 fully saturated rings. The second-order valence-electron chi connectivity index (χ2n) is 8.72. The molecule has 0 bridgehead atoms. The van der Waals surface area contributed by atoms with Crippen molar-refractivity contribution in [2.24, 2.45) is 0 Å². The summed E-state index contributed by atoms with van der Waals surface area (Å²) in [7, 11) is -3.67. The summed E-state index contributed by atoms with van der Waals surface area (Å²) in [5.41, 5.74) is 3.09. The van der Waals surface area contributed by atoms with Crippen LogP contribution in [0.15, 0.2) is 53.4 Å². The van der Waals surface area contributed by atoms with Gasteiger partial charge in [0.2, 0.25) is 16.8 Å². The van der Waals surface area contributed by atoms with Crippen LogP contribution in [0, 0.1) is 19.7 Å². The van der Waals surface area contributed by atoms with Gasteiger partial charge in [-0.05, 0) is 56.3 Å². The van der Waals surface area contributed by atoms with Crippen molar-refractivity contribution in [3.63, 3.8) is 0 Å². The Kier molecular flexibility index (Phi) is 6.12. The molecule has 1 saturated heterocycles. The summed E-state index contributed by atoms with van der Waals surface area (Å²) in [6.07, 6.45) is 0. The van der Waals surface area contributed by atoms with Crippen molar-refractivity contribution in [1.82, 2.24) is 13.8 Å². The number of ketones is 1. The number of sulfonamides is 1. The Hall–Kier alpha value is -3.21. The standard InChI is InChI=1S/C25H26FN3O5S/c1-17-13-22(18(2)29(17)20-5-3-19(26)4-6-20)23(30)15-27-9-11-28(12-10-27)35(31,32)21-7-8-24-25(14-21)34-16-33-24/h3-8,13-14H,9-12,15-16H2,1-2H3. The van der Waals surface area contributed by atoms with Crippen molar-refractivity contribution in [3.8, 4) is 17.2 Å². The lowest BCUT2D eigenvalue weighted by molar-refractivity contribution is 0.0901. The van der Waals surface area contributed by atoms with Crippen LogP contribution in [-0.4, -0.2) is 67.5 Å². The van der Waals surface area contributed by atoms with E-state index in [1.165, 1.54) is 28.6 Å². The molecular formula is C25H26FN3O5S. The van der Waals surface area contributed by atoms with Gasteiger partial charge in [-0.15, -0.1) is 0 Å². The first-order valence-electron chi connectivity index (χ1n) is 11.3. The van der Waals surface area contributed by atoms with E-state index in [9.17, 15) is 17.6 Å². The number of halogens is 1. The molecular weight excluding hydrogens is 473 g/mol. The number of aromatic nitrogens is 1. The van der Waals surface area contributed by atoms with Gasteiger partial charge in [0.05, 0.1) is 11.4 Å². The summed E-state index contributed by atoms with van der Waals surface area (Å²) in [5.74, 6) is 0.616. The molecule has 2 aromatic carbocycles. The second-order valence-corrected chi connectivity index (χ2v) is 10.7. The van der Waals surface area contributed by atoms with Crippen LogP contribution in [0.3, 0.4) is 0 Å². The van der Waals surface area contributed by atoms with Crippen molar-refractivity contribution in [2.75, 3.05) is 39.5 Å². The largest absolute Gasteiger partial charge is 0.454 e. The fraction of sp³-hybridized carbons (Fsp3) is 0.320. The summed E-state index contributed by atoms with van der Waals surface area (Å²) in [4.78, 5) is 15.3. The van der Waals surface area contributed by atoms with E-state index in [1.807, 2.05) is 29.4 Å². The van der Waals surface area contributed by atoms with E-state index in [2.05, 4.69) is 0 Å². The highest BCUT2D eigenvalue weighted by Crippen LogP contribution is 2.34. The third-order valence-electron chi connectivity index (χ3n) is 6.50. The fourth-order valence-electron chi connectivity index (χ4n) is 4.64. The normalized spacial score (nSPS) is 16.5. The molecule has 0 amide bonds. The molecule has 8 nitrogen and oxygen atoms in total. The number of ether oxygens (including phenoxy) is 2. The number of carbonyl (C=O) groups excluding carboxylic acids is 1. The number of Topliss-reactive ketones (excluding diaryl/α,β-unsaturated/α-hetero) is 1. The summed E-state index contributed by atoms with van der Waals surface area (Å²) in [5, 5.41) is 0.